The minimum atomic E-state index is -1.46. The van der Waals surface area contributed by atoms with E-state index in [-0.39, 0.29) is 0 Å². The lowest BCUT2D eigenvalue weighted by molar-refractivity contribution is 0.601. The van der Waals surface area contributed by atoms with Gasteiger partial charge in [0.15, 0.2) is 5.84 Å². The molecule has 0 spiro atoms. The van der Waals surface area contributed by atoms with E-state index >= 15 is 0 Å². The van der Waals surface area contributed by atoms with Gasteiger partial charge in [-0.25, -0.2) is 0 Å². The second-order valence-electron chi connectivity index (χ2n) is 4.68. The monoisotopic (exact) mass is 264 g/mol. The maximum absolute atomic E-state index is 11.4. The molecular formula is C12H16N4OS. The molecule has 1 aromatic carbocycles. The summed E-state index contributed by atoms with van der Waals surface area (Å²) in [5.74, 6) is 0.336. The van der Waals surface area contributed by atoms with E-state index in [1.807, 2.05) is 18.2 Å². The number of nitrogens with one attached hydrogen (secondary N) is 2. The van der Waals surface area contributed by atoms with Gasteiger partial charge in [-0.3, -0.25) is 0 Å². The first kappa shape index (κ1) is 11.7. The first-order chi connectivity index (χ1) is 8.74. The fourth-order valence-corrected chi connectivity index (χ4v) is 3.25. The van der Waals surface area contributed by atoms with Gasteiger partial charge in [-0.2, -0.15) is 4.72 Å². The average molecular weight is 264 g/mol. The van der Waals surface area contributed by atoms with E-state index in [2.05, 4.69) is 14.4 Å². The second kappa shape index (κ2) is 4.70. The molecule has 5 nitrogen and oxygen atoms in total. The maximum Gasteiger partial charge on any atom is 0.222 e. The maximum atomic E-state index is 11.4. The van der Waals surface area contributed by atoms with Gasteiger partial charge in [-0.15, -0.1) is 0 Å². The van der Waals surface area contributed by atoms with Crippen LogP contribution >= 0.6 is 0 Å². The zero-order chi connectivity index (χ0) is 12.5. The summed E-state index contributed by atoms with van der Waals surface area (Å²) in [5.41, 5.74) is 8.48. The smallest absolute Gasteiger partial charge is 0.222 e. The minimum absolute atomic E-state index is 0.336. The number of fused-ring (bicyclic) bond motifs is 1. The highest BCUT2D eigenvalue weighted by Gasteiger charge is 2.25. The van der Waals surface area contributed by atoms with Gasteiger partial charge in [0.25, 0.3) is 0 Å². The first-order valence-electron chi connectivity index (χ1n) is 6.16. The van der Waals surface area contributed by atoms with E-state index in [1.165, 1.54) is 25.7 Å². The zero-order valence-electron chi connectivity index (χ0n) is 9.98. The Balaban J connectivity index is 1.92. The molecule has 0 aromatic heterocycles. The molecule has 0 bridgehead atoms. The molecule has 0 saturated heterocycles. The third-order valence-corrected chi connectivity index (χ3v) is 4.17. The summed E-state index contributed by atoms with van der Waals surface area (Å²) >= 11 is -1.46. The van der Waals surface area contributed by atoms with Crippen LogP contribution in [0, 0.1) is 0 Å². The molecule has 18 heavy (non-hydrogen) atoms. The van der Waals surface area contributed by atoms with Crippen molar-refractivity contribution in [1.29, 1.82) is 0 Å². The van der Waals surface area contributed by atoms with E-state index in [0.717, 1.165) is 16.9 Å². The molecule has 1 atom stereocenters. The van der Waals surface area contributed by atoms with Crippen molar-refractivity contribution >= 4 is 28.8 Å². The number of benzene rings is 1. The summed E-state index contributed by atoms with van der Waals surface area (Å²) in [6, 6.07) is 6.31. The standard InChI is InChI=1S/C12H16N4OS/c13-12-11-9(14-8-4-1-2-5-8)6-3-7-10(11)15-18(17)16-12/h3,6-8,14-15H,1-2,4-5H2,(H2,13,16). The lowest BCUT2D eigenvalue weighted by Gasteiger charge is -2.21. The van der Waals surface area contributed by atoms with Crippen LogP contribution in [0.15, 0.2) is 22.6 Å². The lowest BCUT2D eigenvalue weighted by Crippen LogP contribution is -2.28. The Labute approximate surface area is 109 Å². The Kier molecular flexibility index (Phi) is 3.05. The summed E-state index contributed by atoms with van der Waals surface area (Å²) in [4.78, 5) is 0. The molecule has 1 unspecified atom stereocenters. The Morgan fingerprint density at radius 2 is 2.17 bits per heavy atom. The highest BCUT2D eigenvalue weighted by Crippen LogP contribution is 2.31. The largest absolute Gasteiger partial charge is 0.566 e. The van der Waals surface area contributed by atoms with Gasteiger partial charge >= 0.3 is 0 Å². The van der Waals surface area contributed by atoms with Crippen molar-refractivity contribution in [3.05, 3.63) is 23.8 Å². The average Bonchev–Trinajstić information content (AvgIpc) is 2.81. The van der Waals surface area contributed by atoms with Gasteiger partial charge in [0, 0.05) is 11.7 Å². The summed E-state index contributed by atoms with van der Waals surface area (Å²) in [7, 11) is 0. The molecular weight excluding hydrogens is 248 g/mol. The number of rotatable bonds is 2. The molecule has 0 radical (unpaired) electrons. The third kappa shape index (κ3) is 2.13. The van der Waals surface area contributed by atoms with Crippen LogP contribution in [0.5, 0.6) is 0 Å². The Hall–Kier alpha value is -1.40. The third-order valence-electron chi connectivity index (χ3n) is 3.41. The summed E-state index contributed by atoms with van der Waals surface area (Å²) in [6.45, 7) is 0. The Morgan fingerprint density at radius 1 is 1.39 bits per heavy atom. The van der Waals surface area contributed by atoms with Crippen molar-refractivity contribution in [2.24, 2.45) is 10.1 Å². The quantitative estimate of drug-likeness (QED) is 0.710. The van der Waals surface area contributed by atoms with Crippen LogP contribution in [0.1, 0.15) is 31.2 Å². The minimum Gasteiger partial charge on any atom is -0.566 e. The first-order valence-corrected chi connectivity index (χ1v) is 7.27. The SMILES string of the molecule is NC1=N[S+]([O-])Nc2cccc(NC3CCCC3)c21. The fourth-order valence-electron chi connectivity index (χ4n) is 2.58. The molecule has 1 aromatic rings. The number of nitrogens with two attached hydrogens (primary N) is 1. The van der Waals surface area contributed by atoms with Gasteiger partial charge in [0.05, 0.1) is 11.3 Å². The van der Waals surface area contributed by atoms with Crippen molar-refractivity contribution < 1.29 is 4.55 Å². The highest BCUT2D eigenvalue weighted by atomic mass is 32.2. The van der Waals surface area contributed by atoms with Crippen LogP contribution in [0.25, 0.3) is 0 Å². The van der Waals surface area contributed by atoms with Crippen molar-refractivity contribution in [3.63, 3.8) is 0 Å². The summed E-state index contributed by atoms with van der Waals surface area (Å²) < 4.78 is 18.1. The van der Waals surface area contributed by atoms with Crippen molar-refractivity contribution in [3.8, 4) is 0 Å². The van der Waals surface area contributed by atoms with E-state index in [4.69, 9.17) is 5.73 Å². The number of hydrogen-bond acceptors (Lipinski definition) is 5. The van der Waals surface area contributed by atoms with Crippen molar-refractivity contribution in [2.75, 3.05) is 10.0 Å². The zero-order valence-corrected chi connectivity index (χ0v) is 10.8. The molecule has 3 rings (SSSR count). The molecule has 2 aliphatic rings. The summed E-state index contributed by atoms with van der Waals surface area (Å²) in [6.07, 6.45) is 4.94. The Bertz CT molecular complexity index is 485. The number of amidine groups is 1. The lowest BCUT2D eigenvalue weighted by atomic mass is 10.1. The number of hydrogen-bond donors (Lipinski definition) is 3. The summed E-state index contributed by atoms with van der Waals surface area (Å²) in [5, 5.41) is 3.51. The molecule has 1 fully saturated rings. The number of anilines is 2. The van der Waals surface area contributed by atoms with Crippen LogP contribution in [0.3, 0.4) is 0 Å². The predicted molar refractivity (Wildman–Crippen MR) is 74.8 cm³/mol. The molecule has 1 saturated carbocycles. The van der Waals surface area contributed by atoms with Crippen LogP contribution < -0.4 is 15.8 Å². The molecule has 96 valence electrons. The van der Waals surface area contributed by atoms with Gasteiger partial charge in [0.1, 0.15) is 0 Å². The normalized spacial score (nSPS) is 23.2. The molecule has 1 aliphatic heterocycles. The van der Waals surface area contributed by atoms with E-state index in [0.29, 0.717) is 11.9 Å². The van der Waals surface area contributed by atoms with E-state index in [9.17, 15) is 4.55 Å². The fraction of sp³-hybridized carbons (Fsp3) is 0.417. The van der Waals surface area contributed by atoms with Gasteiger partial charge in [0.2, 0.25) is 11.5 Å². The Morgan fingerprint density at radius 3 is 2.94 bits per heavy atom. The van der Waals surface area contributed by atoms with Crippen molar-refractivity contribution in [2.45, 2.75) is 31.7 Å². The van der Waals surface area contributed by atoms with Crippen LogP contribution in [-0.4, -0.2) is 16.4 Å². The predicted octanol–water partition coefficient (Wildman–Crippen LogP) is 1.75. The van der Waals surface area contributed by atoms with E-state index in [1.54, 1.807) is 0 Å². The van der Waals surface area contributed by atoms with Gasteiger partial charge in [-0.1, -0.05) is 18.9 Å². The topological polar surface area (TPSA) is 85.5 Å². The number of nitrogens with zero attached hydrogens (tertiary/aromatic N) is 1. The molecule has 4 N–H and O–H groups in total. The highest BCUT2D eigenvalue weighted by molar-refractivity contribution is 7.91. The molecule has 1 heterocycles. The van der Waals surface area contributed by atoms with Gasteiger partial charge in [-0.05, 0) is 29.4 Å². The molecule has 1 aliphatic carbocycles. The van der Waals surface area contributed by atoms with Crippen LogP contribution in [-0.2, 0) is 11.5 Å². The van der Waals surface area contributed by atoms with E-state index < -0.39 is 11.5 Å². The van der Waals surface area contributed by atoms with Crippen LogP contribution in [0.4, 0.5) is 11.4 Å². The molecule has 0 amide bonds. The second-order valence-corrected chi connectivity index (χ2v) is 5.57. The van der Waals surface area contributed by atoms with Crippen LogP contribution in [0.2, 0.25) is 0 Å². The molecule has 6 heteroatoms. The van der Waals surface area contributed by atoms with Crippen molar-refractivity contribution in [1.82, 2.24) is 0 Å². The van der Waals surface area contributed by atoms with Gasteiger partial charge < -0.3 is 15.6 Å².